The molecule has 8 heteroatoms. The molecule has 31 heavy (non-hydrogen) atoms. The minimum Gasteiger partial charge on any atom is -0.492 e. The Morgan fingerprint density at radius 3 is 2.68 bits per heavy atom. The van der Waals surface area contributed by atoms with Crippen LogP contribution in [0.15, 0.2) is 48.5 Å². The van der Waals surface area contributed by atoms with Gasteiger partial charge in [-0.05, 0) is 43.7 Å². The number of para-hydroxylation sites is 2. The molecule has 2 heterocycles. The number of hydrogen-bond donors (Lipinski definition) is 1. The number of anilines is 3. The predicted octanol–water partition coefficient (Wildman–Crippen LogP) is 3.88. The Morgan fingerprint density at radius 2 is 1.90 bits per heavy atom. The zero-order chi connectivity index (χ0) is 21.6. The lowest BCUT2D eigenvalue weighted by Crippen LogP contribution is -2.49. The van der Waals surface area contributed by atoms with Gasteiger partial charge in [0.2, 0.25) is 11.0 Å². The van der Waals surface area contributed by atoms with Crippen molar-refractivity contribution in [3.05, 3.63) is 59.1 Å². The average molecular weight is 438 g/mol. The molecule has 3 aromatic rings. The van der Waals surface area contributed by atoms with E-state index in [0.29, 0.717) is 24.8 Å². The lowest BCUT2D eigenvalue weighted by Gasteiger charge is -2.36. The molecule has 0 saturated carbocycles. The number of nitrogens with zero attached hydrogens (tertiary/aromatic N) is 4. The number of aromatic nitrogens is 2. The Morgan fingerprint density at radius 1 is 1.10 bits per heavy atom. The van der Waals surface area contributed by atoms with Gasteiger partial charge in [-0.3, -0.25) is 4.79 Å². The third-order valence-electron chi connectivity index (χ3n) is 5.18. The van der Waals surface area contributed by atoms with Crippen molar-refractivity contribution in [3.8, 4) is 5.75 Å². The number of carbonyl (C=O) groups excluding carboxylic acids is 1. The number of aryl methyl sites for hydroxylation is 1. The predicted molar refractivity (Wildman–Crippen MR) is 124 cm³/mol. The van der Waals surface area contributed by atoms with Crippen molar-refractivity contribution in [3.63, 3.8) is 0 Å². The Bertz CT molecular complexity index is 1030. The second-order valence-corrected chi connectivity index (χ2v) is 8.50. The molecule has 0 bridgehead atoms. The fraction of sp³-hybridized carbons (Fsp3) is 0.348. The minimum atomic E-state index is 0.0935. The monoisotopic (exact) mass is 437 g/mol. The maximum Gasteiger partial charge on any atom is 0.229 e. The first-order valence-corrected chi connectivity index (χ1v) is 11.3. The van der Waals surface area contributed by atoms with Crippen LogP contribution in [0.1, 0.15) is 17.5 Å². The highest BCUT2D eigenvalue weighted by molar-refractivity contribution is 7.15. The van der Waals surface area contributed by atoms with Gasteiger partial charge in [0.15, 0.2) is 0 Å². The van der Waals surface area contributed by atoms with E-state index in [4.69, 9.17) is 4.74 Å². The molecule has 0 radical (unpaired) electrons. The van der Waals surface area contributed by atoms with Crippen LogP contribution < -0.4 is 15.0 Å². The molecular formula is C23H27N5O2S. The number of piperazine rings is 1. The van der Waals surface area contributed by atoms with Crippen LogP contribution in [0.2, 0.25) is 0 Å². The molecule has 0 aliphatic carbocycles. The zero-order valence-corrected chi connectivity index (χ0v) is 18.7. The van der Waals surface area contributed by atoms with Crippen molar-refractivity contribution in [1.29, 1.82) is 0 Å². The molecule has 0 spiro atoms. The van der Waals surface area contributed by atoms with E-state index < -0.39 is 0 Å². The second-order valence-electron chi connectivity index (χ2n) is 7.44. The van der Waals surface area contributed by atoms with Gasteiger partial charge in [0.1, 0.15) is 10.8 Å². The van der Waals surface area contributed by atoms with E-state index in [0.717, 1.165) is 35.2 Å². The molecule has 162 valence electrons. The number of amides is 1. The van der Waals surface area contributed by atoms with Gasteiger partial charge in [-0.2, -0.15) is 0 Å². The molecule has 1 aromatic heterocycles. The van der Waals surface area contributed by atoms with Crippen molar-refractivity contribution in [2.24, 2.45) is 0 Å². The zero-order valence-electron chi connectivity index (χ0n) is 17.9. The van der Waals surface area contributed by atoms with Gasteiger partial charge in [0.05, 0.1) is 18.7 Å². The summed E-state index contributed by atoms with van der Waals surface area (Å²) in [7, 11) is 0. The molecular weight excluding hydrogens is 410 g/mol. The molecule has 0 unspecified atom stereocenters. The van der Waals surface area contributed by atoms with Crippen molar-refractivity contribution in [2.45, 2.75) is 20.3 Å². The van der Waals surface area contributed by atoms with Crippen molar-refractivity contribution < 1.29 is 9.53 Å². The van der Waals surface area contributed by atoms with Crippen LogP contribution >= 0.6 is 11.3 Å². The number of nitrogens with one attached hydrogen (secondary N) is 1. The van der Waals surface area contributed by atoms with Gasteiger partial charge in [-0.25, -0.2) is 0 Å². The molecule has 1 saturated heterocycles. The molecule has 1 aliphatic rings. The Labute approximate surface area is 186 Å². The maximum absolute atomic E-state index is 12.8. The van der Waals surface area contributed by atoms with E-state index >= 15 is 0 Å². The Kier molecular flexibility index (Phi) is 6.66. The van der Waals surface area contributed by atoms with Crippen LogP contribution in [0.5, 0.6) is 5.75 Å². The summed E-state index contributed by atoms with van der Waals surface area (Å²) in [6.45, 7) is 7.61. The molecule has 1 fully saturated rings. The van der Waals surface area contributed by atoms with E-state index in [1.54, 1.807) is 0 Å². The number of hydrogen-bond acceptors (Lipinski definition) is 7. The summed E-state index contributed by atoms with van der Waals surface area (Å²) in [6.07, 6.45) is 0.280. The molecule has 2 aromatic carbocycles. The minimum absolute atomic E-state index is 0.0935. The quantitative estimate of drug-likeness (QED) is 0.605. The summed E-state index contributed by atoms with van der Waals surface area (Å²) >= 11 is 1.42. The Hall–Kier alpha value is -3.13. The first-order valence-electron chi connectivity index (χ1n) is 10.5. The summed E-state index contributed by atoms with van der Waals surface area (Å²) in [5.41, 5.74) is 3.23. The fourth-order valence-corrected chi connectivity index (χ4v) is 4.41. The van der Waals surface area contributed by atoms with Gasteiger partial charge < -0.3 is 19.9 Å². The highest BCUT2D eigenvalue weighted by Gasteiger charge is 2.24. The fourth-order valence-electron chi connectivity index (χ4n) is 3.66. The lowest BCUT2D eigenvalue weighted by atomic mass is 10.2. The third kappa shape index (κ3) is 5.32. The van der Waals surface area contributed by atoms with Gasteiger partial charge >= 0.3 is 0 Å². The van der Waals surface area contributed by atoms with E-state index in [9.17, 15) is 4.79 Å². The summed E-state index contributed by atoms with van der Waals surface area (Å²) in [4.78, 5) is 17.0. The summed E-state index contributed by atoms with van der Waals surface area (Å²) in [6, 6.07) is 16.2. The topological polar surface area (TPSA) is 70.6 Å². The van der Waals surface area contributed by atoms with Gasteiger partial charge in [0.25, 0.3) is 0 Å². The number of benzene rings is 2. The van der Waals surface area contributed by atoms with Crippen molar-refractivity contribution in [2.75, 3.05) is 43.0 Å². The molecule has 1 aliphatic heterocycles. The maximum atomic E-state index is 12.8. The van der Waals surface area contributed by atoms with Crippen LogP contribution in [-0.4, -0.2) is 53.8 Å². The molecule has 0 atom stereocenters. The van der Waals surface area contributed by atoms with E-state index in [1.807, 2.05) is 55.1 Å². The first-order chi connectivity index (χ1) is 15.1. The second kappa shape index (κ2) is 9.78. The average Bonchev–Trinajstić information content (AvgIpc) is 3.21. The number of rotatable bonds is 7. The van der Waals surface area contributed by atoms with Crippen LogP contribution in [0, 0.1) is 6.92 Å². The molecule has 7 nitrogen and oxygen atoms in total. The SMILES string of the molecule is CCOc1ccccc1N1CCN(C(=O)Cc2nnc(Nc3cccc(C)c3)s2)CC1. The van der Waals surface area contributed by atoms with Gasteiger partial charge in [-0.1, -0.05) is 35.6 Å². The summed E-state index contributed by atoms with van der Waals surface area (Å²) in [5.74, 6) is 0.989. The first kappa shape index (κ1) is 21.1. The highest BCUT2D eigenvalue weighted by Crippen LogP contribution is 2.29. The van der Waals surface area contributed by atoms with Crippen LogP contribution in [0.3, 0.4) is 0 Å². The smallest absolute Gasteiger partial charge is 0.229 e. The Balaban J connectivity index is 1.31. The standard InChI is InChI=1S/C23H27N5O2S/c1-3-30-20-10-5-4-9-19(20)27-11-13-28(14-12-27)22(29)16-21-25-26-23(31-21)24-18-8-6-7-17(2)15-18/h4-10,15H,3,11-14,16H2,1-2H3,(H,24,26). The van der Waals surface area contributed by atoms with Crippen LogP contribution in [0.25, 0.3) is 0 Å². The van der Waals surface area contributed by atoms with E-state index in [1.165, 1.54) is 16.9 Å². The number of carbonyl (C=O) groups is 1. The normalized spacial score (nSPS) is 13.9. The van der Waals surface area contributed by atoms with Crippen molar-refractivity contribution >= 4 is 33.8 Å². The van der Waals surface area contributed by atoms with Crippen molar-refractivity contribution in [1.82, 2.24) is 15.1 Å². The van der Waals surface area contributed by atoms with Crippen LogP contribution in [0.4, 0.5) is 16.5 Å². The molecule has 1 amide bonds. The third-order valence-corrected chi connectivity index (χ3v) is 6.02. The molecule has 4 rings (SSSR count). The van der Waals surface area contributed by atoms with Gasteiger partial charge in [-0.15, -0.1) is 10.2 Å². The highest BCUT2D eigenvalue weighted by atomic mass is 32.1. The largest absolute Gasteiger partial charge is 0.492 e. The van der Waals surface area contributed by atoms with Crippen LogP contribution in [-0.2, 0) is 11.2 Å². The van der Waals surface area contributed by atoms with E-state index in [2.05, 4.69) is 32.5 Å². The summed E-state index contributed by atoms with van der Waals surface area (Å²) < 4.78 is 5.75. The van der Waals surface area contributed by atoms with E-state index in [-0.39, 0.29) is 12.3 Å². The lowest BCUT2D eigenvalue weighted by molar-refractivity contribution is -0.130. The molecule has 1 N–H and O–H groups in total. The summed E-state index contributed by atoms with van der Waals surface area (Å²) in [5, 5.41) is 13.1. The number of ether oxygens (including phenoxy) is 1. The van der Waals surface area contributed by atoms with Gasteiger partial charge in [0, 0.05) is 31.9 Å².